The molecule has 0 aromatic rings. The number of nitrogens with one attached hydrogen (secondary N) is 1. The second-order valence-electron chi connectivity index (χ2n) is 6.48. The first-order chi connectivity index (χ1) is 10.1. The van der Waals surface area contributed by atoms with Crippen molar-refractivity contribution in [3.8, 4) is 0 Å². The molecule has 0 aliphatic carbocycles. The maximum atomic E-state index is 9.45. The van der Waals surface area contributed by atoms with Crippen LogP contribution in [0, 0.1) is 17.8 Å². The average molecular weight is 300 g/mol. The molecule has 2 unspecified atom stereocenters. The summed E-state index contributed by atoms with van der Waals surface area (Å²) in [5.74, 6) is 2.86. The molecule has 0 radical (unpaired) electrons. The van der Waals surface area contributed by atoms with E-state index in [4.69, 9.17) is 0 Å². The van der Waals surface area contributed by atoms with Gasteiger partial charge in [-0.25, -0.2) is 0 Å². The lowest BCUT2D eigenvalue weighted by Crippen LogP contribution is -2.12. The molecular weight excluding hydrogens is 258 g/mol. The van der Waals surface area contributed by atoms with Crippen LogP contribution >= 0.6 is 0 Å². The number of carbonyl (C=O) groups is 1. The summed E-state index contributed by atoms with van der Waals surface area (Å²) in [7, 11) is 0. The molecule has 0 heterocycles. The third-order valence-corrected chi connectivity index (χ3v) is 4.41. The predicted octanol–water partition coefficient (Wildman–Crippen LogP) is 5.81. The summed E-state index contributed by atoms with van der Waals surface area (Å²) in [4.78, 5) is 9.45. The van der Waals surface area contributed by atoms with Crippen LogP contribution in [0.3, 0.4) is 0 Å². The molecule has 2 heteroatoms. The zero-order valence-corrected chi connectivity index (χ0v) is 15.6. The molecule has 2 atom stereocenters. The zero-order valence-electron chi connectivity index (χ0n) is 15.6. The molecule has 0 spiro atoms. The van der Waals surface area contributed by atoms with Gasteiger partial charge in [-0.2, -0.15) is 0 Å². The Labute approximate surface area is 134 Å². The van der Waals surface area contributed by atoms with E-state index in [-0.39, 0.29) is 0 Å². The normalized spacial score (nSPS) is 13.3. The highest BCUT2D eigenvalue weighted by molar-refractivity contribution is 5.45. The molecule has 0 aromatic carbocycles. The lowest BCUT2D eigenvalue weighted by Gasteiger charge is -2.24. The average Bonchev–Trinajstić information content (AvgIpc) is 2.50. The molecule has 0 aromatic heterocycles. The van der Waals surface area contributed by atoms with Gasteiger partial charge in [0.1, 0.15) is 0 Å². The van der Waals surface area contributed by atoms with E-state index in [9.17, 15) is 4.79 Å². The summed E-state index contributed by atoms with van der Waals surface area (Å²) in [6, 6.07) is 0. The van der Waals surface area contributed by atoms with Crippen LogP contribution in [0.1, 0.15) is 92.9 Å². The standard InChI is InChI=1S/C15H32.C4H9NO/c1-6-9-15(10-7-2)14(5)12-11-13(4)8-3;1-2-3-5-4-6/h13-15H,6-12H2,1-5H3;4H,2-3H2,1H3,(H,5,6). The summed E-state index contributed by atoms with van der Waals surface area (Å²) in [5, 5.41) is 2.52. The van der Waals surface area contributed by atoms with Crippen molar-refractivity contribution in [3.05, 3.63) is 0 Å². The van der Waals surface area contributed by atoms with Gasteiger partial charge in [-0.1, -0.05) is 86.5 Å². The number of carbonyl (C=O) groups excluding carboxylic acids is 1. The Hall–Kier alpha value is -0.530. The minimum atomic E-state index is 0.712. The molecule has 21 heavy (non-hydrogen) atoms. The van der Waals surface area contributed by atoms with Gasteiger partial charge >= 0.3 is 0 Å². The van der Waals surface area contributed by atoms with Gasteiger partial charge in [0.15, 0.2) is 0 Å². The first kappa shape index (κ1) is 22.7. The van der Waals surface area contributed by atoms with Crippen molar-refractivity contribution < 1.29 is 4.79 Å². The van der Waals surface area contributed by atoms with E-state index in [2.05, 4.69) is 39.9 Å². The van der Waals surface area contributed by atoms with Gasteiger partial charge in [-0.15, -0.1) is 0 Å². The third-order valence-electron chi connectivity index (χ3n) is 4.41. The zero-order chi connectivity index (χ0) is 16.5. The molecule has 0 aliphatic rings. The molecule has 1 amide bonds. The van der Waals surface area contributed by atoms with Gasteiger partial charge in [-0.3, -0.25) is 4.79 Å². The second-order valence-corrected chi connectivity index (χ2v) is 6.48. The number of amides is 1. The molecule has 0 bridgehead atoms. The van der Waals surface area contributed by atoms with Crippen molar-refractivity contribution in [1.29, 1.82) is 0 Å². The van der Waals surface area contributed by atoms with Gasteiger partial charge in [-0.05, 0) is 24.2 Å². The Morgan fingerprint density at radius 1 is 0.857 bits per heavy atom. The van der Waals surface area contributed by atoms with Crippen LogP contribution in [-0.4, -0.2) is 13.0 Å². The van der Waals surface area contributed by atoms with Crippen LogP contribution in [0.15, 0.2) is 0 Å². The van der Waals surface area contributed by atoms with Crippen LogP contribution in [0.25, 0.3) is 0 Å². The summed E-state index contributed by atoms with van der Waals surface area (Å²) < 4.78 is 0. The Morgan fingerprint density at radius 3 is 1.76 bits per heavy atom. The Balaban J connectivity index is 0. The SMILES string of the molecule is CCCC(CCC)C(C)CCC(C)CC.CCCNC=O. The summed E-state index contributed by atoms with van der Waals surface area (Å²) in [5.41, 5.74) is 0. The molecule has 128 valence electrons. The summed E-state index contributed by atoms with van der Waals surface area (Å²) in [6.45, 7) is 14.6. The number of hydrogen-bond acceptors (Lipinski definition) is 1. The van der Waals surface area contributed by atoms with Crippen LogP contribution in [0.4, 0.5) is 0 Å². The van der Waals surface area contributed by atoms with Crippen LogP contribution in [0.5, 0.6) is 0 Å². The maximum Gasteiger partial charge on any atom is 0.207 e. The predicted molar refractivity (Wildman–Crippen MR) is 95.5 cm³/mol. The number of hydrogen-bond donors (Lipinski definition) is 1. The molecule has 0 rings (SSSR count). The van der Waals surface area contributed by atoms with Gasteiger partial charge < -0.3 is 5.32 Å². The summed E-state index contributed by atoms with van der Waals surface area (Å²) >= 11 is 0. The van der Waals surface area contributed by atoms with E-state index in [1.54, 1.807) is 0 Å². The van der Waals surface area contributed by atoms with Crippen LogP contribution in [-0.2, 0) is 4.79 Å². The van der Waals surface area contributed by atoms with E-state index in [1.165, 1.54) is 44.9 Å². The Kier molecular flexibility index (Phi) is 19.0. The molecular formula is C19H41NO. The quantitative estimate of drug-likeness (QED) is 0.358. The fraction of sp³-hybridized carbons (Fsp3) is 0.947. The number of rotatable bonds is 12. The van der Waals surface area contributed by atoms with E-state index in [1.807, 2.05) is 6.92 Å². The molecule has 0 fully saturated rings. The monoisotopic (exact) mass is 299 g/mol. The first-order valence-electron chi connectivity index (χ1n) is 9.24. The lowest BCUT2D eigenvalue weighted by molar-refractivity contribution is -0.109. The highest BCUT2D eigenvalue weighted by atomic mass is 16.1. The second kappa shape index (κ2) is 17.5. The van der Waals surface area contributed by atoms with Crippen molar-refractivity contribution >= 4 is 6.41 Å². The van der Waals surface area contributed by atoms with Crippen LogP contribution < -0.4 is 5.32 Å². The highest BCUT2D eigenvalue weighted by Crippen LogP contribution is 2.28. The fourth-order valence-corrected chi connectivity index (χ4v) is 2.65. The van der Waals surface area contributed by atoms with Gasteiger partial charge in [0, 0.05) is 6.54 Å². The first-order valence-corrected chi connectivity index (χ1v) is 9.24. The van der Waals surface area contributed by atoms with Crippen molar-refractivity contribution in [3.63, 3.8) is 0 Å². The molecule has 2 nitrogen and oxygen atoms in total. The smallest absolute Gasteiger partial charge is 0.207 e. The minimum absolute atomic E-state index is 0.712. The van der Waals surface area contributed by atoms with Gasteiger partial charge in [0.2, 0.25) is 6.41 Å². The minimum Gasteiger partial charge on any atom is -0.359 e. The van der Waals surface area contributed by atoms with Crippen LogP contribution in [0.2, 0.25) is 0 Å². The van der Waals surface area contributed by atoms with Crippen molar-refractivity contribution in [2.75, 3.05) is 6.54 Å². The molecule has 1 N–H and O–H groups in total. The van der Waals surface area contributed by atoms with Crippen molar-refractivity contribution in [1.82, 2.24) is 5.32 Å². The van der Waals surface area contributed by atoms with E-state index in [0.29, 0.717) is 6.41 Å². The lowest BCUT2D eigenvalue weighted by atomic mass is 9.82. The molecule has 0 saturated carbocycles. The van der Waals surface area contributed by atoms with Crippen molar-refractivity contribution in [2.45, 2.75) is 92.9 Å². The third kappa shape index (κ3) is 15.7. The molecule has 0 saturated heterocycles. The maximum absolute atomic E-state index is 9.45. The van der Waals surface area contributed by atoms with E-state index >= 15 is 0 Å². The molecule has 0 aliphatic heterocycles. The van der Waals surface area contributed by atoms with Crippen molar-refractivity contribution in [2.24, 2.45) is 17.8 Å². The van der Waals surface area contributed by atoms with E-state index in [0.717, 1.165) is 30.7 Å². The highest BCUT2D eigenvalue weighted by Gasteiger charge is 2.15. The summed E-state index contributed by atoms with van der Waals surface area (Å²) in [6.07, 6.45) is 11.5. The largest absolute Gasteiger partial charge is 0.359 e. The van der Waals surface area contributed by atoms with Gasteiger partial charge in [0.25, 0.3) is 0 Å². The Bertz CT molecular complexity index is 200. The topological polar surface area (TPSA) is 29.1 Å². The van der Waals surface area contributed by atoms with E-state index < -0.39 is 0 Å². The fourth-order valence-electron chi connectivity index (χ4n) is 2.65. The van der Waals surface area contributed by atoms with Gasteiger partial charge in [0.05, 0.1) is 0 Å². The Morgan fingerprint density at radius 2 is 1.43 bits per heavy atom.